The molecule has 0 aliphatic carbocycles. The standard InChI is InChI=1S/C20H23ClN4O4/c1-14-15(21)4-2-5-16(14)23-18(26)12-22-19(27)13-24-7-9-25(10-8-24)20(28)17-6-3-11-29-17/h2-6,11H,7-10,12-13H2,1H3,(H,22,27)(H,23,26)/p+1. The first kappa shape index (κ1) is 20.9. The summed E-state index contributed by atoms with van der Waals surface area (Å²) >= 11 is 6.04. The van der Waals surface area contributed by atoms with Gasteiger partial charge in [-0.3, -0.25) is 14.4 Å². The molecule has 3 N–H and O–H groups in total. The normalized spacial score (nSPS) is 14.5. The largest absolute Gasteiger partial charge is 0.459 e. The van der Waals surface area contributed by atoms with Gasteiger partial charge < -0.3 is 24.9 Å². The van der Waals surface area contributed by atoms with Crippen molar-refractivity contribution in [2.24, 2.45) is 0 Å². The van der Waals surface area contributed by atoms with Crippen LogP contribution in [0.2, 0.25) is 5.02 Å². The van der Waals surface area contributed by atoms with Crippen LogP contribution in [-0.4, -0.2) is 61.9 Å². The molecule has 1 fully saturated rings. The van der Waals surface area contributed by atoms with E-state index in [1.165, 1.54) is 6.26 Å². The van der Waals surface area contributed by atoms with Gasteiger partial charge in [0.1, 0.15) is 0 Å². The monoisotopic (exact) mass is 419 g/mol. The van der Waals surface area contributed by atoms with Gasteiger partial charge in [-0.15, -0.1) is 0 Å². The Morgan fingerprint density at radius 2 is 1.90 bits per heavy atom. The van der Waals surface area contributed by atoms with Crippen LogP contribution in [0.15, 0.2) is 41.0 Å². The topological polar surface area (TPSA) is 96.1 Å². The van der Waals surface area contributed by atoms with Crippen LogP contribution < -0.4 is 15.5 Å². The molecule has 3 amide bonds. The second-order valence-corrected chi connectivity index (χ2v) is 7.34. The van der Waals surface area contributed by atoms with Crippen molar-refractivity contribution in [3.63, 3.8) is 0 Å². The highest BCUT2D eigenvalue weighted by Gasteiger charge is 2.27. The zero-order valence-electron chi connectivity index (χ0n) is 16.2. The zero-order chi connectivity index (χ0) is 20.8. The number of hydrogen-bond donors (Lipinski definition) is 3. The molecule has 3 rings (SSSR count). The van der Waals surface area contributed by atoms with E-state index >= 15 is 0 Å². The number of halogens is 1. The van der Waals surface area contributed by atoms with E-state index in [4.69, 9.17) is 16.0 Å². The summed E-state index contributed by atoms with van der Waals surface area (Å²) < 4.78 is 5.14. The average molecular weight is 420 g/mol. The minimum Gasteiger partial charge on any atom is -0.459 e. The summed E-state index contributed by atoms with van der Waals surface area (Å²) in [5.41, 5.74) is 1.40. The Bertz CT molecular complexity index is 877. The molecule has 0 atom stereocenters. The van der Waals surface area contributed by atoms with Crippen molar-refractivity contribution in [2.45, 2.75) is 6.92 Å². The second-order valence-electron chi connectivity index (χ2n) is 6.93. The molecule has 0 saturated carbocycles. The molecule has 8 nitrogen and oxygen atoms in total. The minimum atomic E-state index is -0.312. The van der Waals surface area contributed by atoms with E-state index in [-0.39, 0.29) is 30.8 Å². The van der Waals surface area contributed by atoms with Crippen molar-refractivity contribution >= 4 is 35.0 Å². The number of carbonyl (C=O) groups excluding carboxylic acids is 3. The first-order valence-electron chi connectivity index (χ1n) is 9.42. The summed E-state index contributed by atoms with van der Waals surface area (Å²) in [4.78, 5) is 39.3. The van der Waals surface area contributed by atoms with Crippen molar-refractivity contribution in [1.82, 2.24) is 10.2 Å². The van der Waals surface area contributed by atoms with Gasteiger partial charge in [0, 0.05) is 10.7 Å². The van der Waals surface area contributed by atoms with E-state index in [9.17, 15) is 14.4 Å². The van der Waals surface area contributed by atoms with Gasteiger partial charge >= 0.3 is 0 Å². The van der Waals surface area contributed by atoms with Crippen LogP contribution in [0.4, 0.5) is 5.69 Å². The Hall–Kier alpha value is -2.84. The molecule has 2 heterocycles. The van der Waals surface area contributed by atoms with Crippen LogP contribution in [-0.2, 0) is 9.59 Å². The molecule has 0 radical (unpaired) electrons. The van der Waals surface area contributed by atoms with Crippen LogP contribution in [0, 0.1) is 6.92 Å². The van der Waals surface area contributed by atoms with Gasteiger partial charge in [-0.25, -0.2) is 0 Å². The van der Waals surface area contributed by atoms with Gasteiger partial charge in [0.2, 0.25) is 5.91 Å². The molecular weight excluding hydrogens is 396 g/mol. The van der Waals surface area contributed by atoms with Gasteiger partial charge in [0.15, 0.2) is 12.3 Å². The summed E-state index contributed by atoms with van der Waals surface area (Å²) in [6.45, 7) is 4.39. The van der Waals surface area contributed by atoms with Crippen LogP contribution in [0.3, 0.4) is 0 Å². The van der Waals surface area contributed by atoms with E-state index in [0.717, 1.165) is 10.5 Å². The third-order valence-electron chi connectivity index (χ3n) is 4.89. The number of hydrogen-bond acceptors (Lipinski definition) is 4. The van der Waals surface area contributed by atoms with Crippen LogP contribution in [0.5, 0.6) is 0 Å². The van der Waals surface area contributed by atoms with Crippen LogP contribution in [0.1, 0.15) is 16.1 Å². The molecule has 1 aliphatic heterocycles. The third kappa shape index (κ3) is 5.58. The van der Waals surface area contributed by atoms with Crippen LogP contribution in [0.25, 0.3) is 0 Å². The molecule has 0 spiro atoms. The molecule has 1 aromatic heterocycles. The Labute approximate surface area is 173 Å². The smallest absolute Gasteiger partial charge is 0.289 e. The molecule has 154 valence electrons. The summed E-state index contributed by atoms with van der Waals surface area (Å²) in [7, 11) is 0. The molecule has 9 heteroatoms. The Kier molecular flexibility index (Phi) is 6.90. The number of piperazine rings is 1. The lowest BCUT2D eigenvalue weighted by Crippen LogP contribution is -3.15. The van der Waals surface area contributed by atoms with E-state index in [0.29, 0.717) is 42.6 Å². The number of benzene rings is 1. The van der Waals surface area contributed by atoms with E-state index in [2.05, 4.69) is 10.6 Å². The van der Waals surface area contributed by atoms with E-state index in [1.54, 1.807) is 35.2 Å². The highest BCUT2D eigenvalue weighted by Crippen LogP contribution is 2.22. The molecule has 0 unspecified atom stereocenters. The fourth-order valence-electron chi connectivity index (χ4n) is 3.16. The quantitative estimate of drug-likeness (QED) is 0.629. The highest BCUT2D eigenvalue weighted by molar-refractivity contribution is 6.31. The third-order valence-corrected chi connectivity index (χ3v) is 5.30. The van der Waals surface area contributed by atoms with E-state index < -0.39 is 0 Å². The number of carbonyl (C=O) groups is 3. The fraction of sp³-hybridized carbons (Fsp3) is 0.350. The number of nitrogens with zero attached hydrogens (tertiary/aromatic N) is 1. The molecule has 0 bridgehead atoms. The number of amides is 3. The van der Waals surface area contributed by atoms with Crippen molar-refractivity contribution in [1.29, 1.82) is 0 Å². The summed E-state index contributed by atoms with van der Waals surface area (Å²) in [5, 5.41) is 5.95. The van der Waals surface area contributed by atoms with E-state index in [1.807, 2.05) is 6.92 Å². The summed E-state index contributed by atoms with van der Waals surface area (Å²) in [6.07, 6.45) is 1.48. The second kappa shape index (κ2) is 9.58. The molecule has 1 aliphatic rings. The molecule has 1 saturated heterocycles. The number of anilines is 1. The van der Waals surface area contributed by atoms with Gasteiger partial charge in [-0.05, 0) is 36.8 Å². The maximum absolute atomic E-state index is 12.3. The summed E-state index contributed by atoms with van der Waals surface area (Å²) in [5.74, 6) is -0.324. The van der Waals surface area contributed by atoms with Gasteiger partial charge in [0.05, 0.1) is 39.0 Å². The minimum absolute atomic E-state index is 0.110. The predicted molar refractivity (Wildman–Crippen MR) is 108 cm³/mol. The van der Waals surface area contributed by atoms with Gasteiger partial charge in [-0.1, -0.05) is 17.7 Å². The Balaban J connectivity index is 1.38. The fourth-order valence-corrected chi connectivity index (χ4v) is 3.34. The number of rotatable bonds is 6. The van der Waals surface area contributed by atoms with Gasteiger partial charge in [-0.2, -0.15) is 0 Å². The average Bonchev–Trinajstić information content (AvgIpc) is 3.25. The Morgan fingerprint density at radius 3 is 2.59 bits per heavy atom. The lowest BCUT2D eigenvalue weighted by molar-refractivity contribution is -0.896. The summed E-state index contributed by atoms with van der Waals surface area (Å²) in [6, 6.07) is 8.59. The predicted octanol–water partition coefficient (Wildman–Crippen LogP) is 0.337. The lowest BCUT2D eigenvalue weighted by atomic mass is 10.2. The maximum Gasteiger partial charge on any atom is 0.289 e. The zero-order valence-corrected chi connectivity index (χ0v) is 16.9. The Morgan fingerprint density at radius 1 is 1.14 bits per heavy atom. The molecular formula is C20H24ClN4O4+. The molecule has 1 aromatic carbocycles. The van der Waals surface area contributed by atoms with Crippen LogP contribution >= 0.6 is 11.6 Å². The van der Waals surface area contributed by atoms with Crippen molar-refractivity contribution < 1.29 is 23.7 Å². The highest BCUT2D eigenvalue weighted by atomic mass is 35.5. The first-order valence-corrected chi connectivity index (χ1v) is 9.80. The lowest BCUT2D eigenvalue weighted by Gasteiger charge is -2.31. The molecule has 2 aromatic rings. The number of nitrogens with one attached hydrogen (secondary N) is 3. The molecule has 29 heavy (non-hydrogen) atoms. The maximum atomic E-state index is 12.3. The number of furan rings is 1. The van der Waals surface area contributed by atoms with Gasteiger partial charge in [0.25, 0.3) is 11.8 Å². The van der Waals surface area contributed by atoms with Crippen molar-refractivity contribution in [2.75, 3.05) is 44.6 Å². The van der Waals surface area contributed by atoms with Crippen molar-refractivity contribution in [3.05, 3.63) is 52.9 Å². The SMILES string of the molecule is Cc1c(Cl)cccc1NC(=O)CNC(=O)C[NH+]1CCN(C(=O)c2ccco2)CC1. The first-order chi connectivity index (χ1) is 13.9. The van der Waals surface area contributed by atoms with Crippen molar-refractivity contribution in [3.8, 4) is 0 Å². The number of quaternary nitrogens is 1.